The molecule has 29 heavy (non-hydrogen) atoms. The first kappa shape index (κ1) is 20.7. The van der Waals surface area contributed by atoms with Crippen LogP contribution in [0.4, 0.5) is 5.69 Å². The lowest BCUT2D eigenvalue weighted by Gasteiger charge is -2.10. The first-order chi connectivity index (χ1) is 13.9. The van der Waals surface area contributed by atoms with Crippen LogP contribution in [0.15, 0.2) is 57.9 Å². The second kappa shape index (κ2) is 9.43. The van der Waals surface area contributed by atoms with E-state index in [0.717, 1.165) is 27.5 Å². The van der Waals surface area contributed by atoms with Gasteiger partial charge in [0.05, 0.1) is 11.3 Å². The fourth-order valence-electron chi connectivity index (χ4n) is 2.62. The molecule has 3 rings (SSSR count). The van der Waals surface area contributed by atoms with Crippen molar-refractivity contribution < 1.29 is 18.8 Å². The van der Waals surface area contributed by atoms with Crippen molar-refractivity contribution in [3.8, 4) is 0 Å². The standard InChI is InChI=1S/C22H22N2O4S/c1-14-8-9-17(10-15(14)2)23-21(25)12-27-22(26)19-6-4-5-7-20(19)29-13-18-11-16(3)28-24-18/h4-11H,12-13H2,1-3H3,(H,23,25). The number of amides is 1. The van der Waals surface area contributed by atoms with Gasteiger partial charge in [0.2, 0.25) is 0 Å². The van der Waals surface area contributed by atoms with Crippen molar-refractivity contribution in [3.05, 3.63) is 76.7 Å². The van der Waals surface area contributed by atoms with E-state index in [2.05, 4.69) is 10.5 Å². The van der Waals surface area contributed by atoms with Crippen molar-refractivity contribution in [1.82, 2.24) is 5.16 Å². The lowest BCUT2D eigenvalue weighted by Crippen LogP contribution is -2.21. The number of aryl methyl sites for hydroxylation is 3. The molecule has 0 bridgehead atoms. The Bertz CT molecular complexity index is 1030. The van der Waals surface area contributed by atoms with Crippen molar-refractivity contribution in [2.24, 2.45) is 0 Å². The summed E-state index contributed by atoms with van der Waals surface area (Å²) in [5, 5.41) is 6.69. The lowest BCUT2D eigenvalue weighted by molar-refractivity contribution is -0.119. The molecule has 6 nitrogen and oxygen atoms in total. The van der Waals surface area contributed by atoms with Gasteiger partial charge in [-0.3, -0.25) is 4.79 Å². The van der Waals surface area contributed by atoms with Crippen molar-refractivity contribution in [1.29, 1.82) is 0 Å². The van der Waals surface area contributed by atoms with Crippen LogP contribution in [-0.4, -0.2) is 23.6 Å². The predicted octanol–water partition coefficient (Wildman–Crippen LogP) is 4.69. The van der Waals surface area contributed by atoms with Gasteiger partial charge in [-0.15, -0.1) is 11.8 Å². The Morgan fingerprint density at radius 3 is 2.59 bits per heavy atom. The van der Waals surface area contributed by atoms with E-state index in [-0.39, 0.29) is 12.5 Å². The smallest absolute Gasteiger partial charge is 0.339 e. The van der Waals surface area contributed by atoms with Gasteiger partial charge in [-0.1, -0.05) is 23.4 Å². The summed E-state index contributed by atoms with van der Waals surface area (Å²) >= 11 is 1.46. The number of thioether (sulfide) groups is 1. The Balaban J connectivity index is 1.57. The fourth-order valence-corrected chi connectivity index (χ4v) is 3.54. The number of carbonyl (C=O) groups excluding carboxylic acids is 2. The minimum absolute atomic E-state index is 0.354. The molecule has 0 unspecified atom stereocenters. The molecule has 1 amide bonds. The van der Waals surface area contributed by atoms with E-state index in [1.165, 1.54) is 11.8 Å². The van der Waals surface area contributed by atoms with Crippen molar-refractivity contribution in [2.45, 2.75) is 31.4 Å². The molecule has 0 atom stereocenters. The molecule has 1 N–H and O–H groups in total. The van der Waals surface area contributed by atoms with Crippen LogP contribution < -0.4 is 5.32 Å². The number of rotatable bonds is 7. The summed E-state index contributed by atoms with van der Waals surface area (Å²) in [6.45, 7) is 5.45. The third-order valence-electron chi connectivity index (χ3n) is 4.28. The summed E-state index contributed by atoms with van der Waals surface area (Å²) in [5.41, 5.74) is 4.10. The predicted molar refractivity (Wildman–Crippen MR) is 112 cm³/mol. The molecular weight excluding hydrogens is 388 g/mol. The highest BCUT2D eigenvalue weighted by Gasteiger charge is 2.15. The first-order valence-electron chi connectivity index (χ1n) is 9.10. The van der Waals surface area contributed by atoms with E-state index in [4.69, 9.17) is 9.26 Å². The molecule has 0 saturated carbocycles. The first-order valence-corrected chi connectivity index (χ1v) is 10.1. The minimum Gasteiger partial charge on any atom is -0.452 e. The molecule has 1 heterocycles. The monoisotopic (exact) mass is 410 g/mol. The maximum Gasteiger partial charge on any atom is 0.339 e. The van der Waals surface area contributed by atoms with Crippen LogP contribution in [0.2, 0.25) is 0 Å². The Morgan fingerprint density at radius 2 is 1.86 bits per heavy atom. The van der Waals surface area contributed by atoms with E-state index in [1.807, 2.05) is 57.2 Å². The Labute approximate surface area is 173 Å². The van der Waals surface area contributed by atoms with Gasteiger partial charge in [-0.05, 0) is 56.2 Å². The fraction of sp³-hybridized carbons (Fsp3) is 0.227. The average Bonchev–Trinajstić information content (AvgIpc) is 3.13. The number of nitrogens with one attached hydrogen (secondary N) is 1. The van der Waals surface area contributed by atoms with Gasteiger partial charge in [0.15, 0.2) is 6.61 Å². The van der Waals surface area contributed by atoms with Gasteiger partial charge in [0.1, 0.15) is 5.76 Å². The minimum atomic E-state index is -0.542. The second-order valence-corrected chi connectivity index (χ2v) is 7.65. The number of ether oxygens (including phenoxy) is 1. The highest BCUT2D eigenvalue weighted by molar-refractivity contribution is 7.98. The van der Waals surface area contributed by atoms with Crippen molar-refractivity contribution in [2.75, 3.05) is 11.9 Å². The Hall–Kier alpha value is -3.06. The highest BCUT2D eigenvalue weighted by Crippen LogP contribution is 2.26. The zero-order chi connectivity index (χ0) is 20.8. The molecular formula is C22H22N2O4S. The number of aromatic nitrogens is 1. The molecule has 1 aromatic heterocycles. The van der Waals surface area contributed by atoms with E-state index in [1.54, 1.807) is 12.1 Å². The van der Waals surface area contributed by atoms with Crippen LogP contribution in [0.25, 0.3) is 0 Å². The van der Waals surface area contributed by atoms with E-state index in [0.29, 0.717) is 17.0 Å². The maximum atomic E-state index is 12.5. The van der Waals surface area contributed by atoms with Crippen LogP contribution in [0.5, 0.6) is 0 Å². The third-order valence-corrected chi connectivity index (χ3v) is 5.39. The number of carbonyl (C=O) groups is 2. The zero-order valence-corrected chi connectivity index (χ0v) is 17.3. The van der Waals surface area contributed by atoms with E-state index < -0.39 is 5.97 Å². The molecule has 0 spiro atoms. The molecule has 3 aromatic rings. The summed E-state index contributed by atoms with van der Waals surface area (Å²) in [4.78, 5) is 25.4. The summed E-state index contributed by atoms with van der Waals surface area (Å²) in [5.74, 6) is 0.377. The normalized spacial score (nSPS) is 10.6. The van der Waals surface area contributed by atoms with Gasteiger partial charge in [0, 0.05) is 22.4 Å². The molecule has 0 saturated heterocycles. The van der Waals surface area contributed by atoms with Crippen LogP contribution in [0.1, 0.15) is 32.9 Å². The number of hydrogen-bond acceptors (Lipinski definition) is 6. The van der Waals surface area contributed by atoms with Crippen molar-refractivity contribution in [3.63, 3.8) is 0 Å². The molecule has 2 aromatic carbocycles. The largest absolute Gasteiger partial charge is 0.452 e. The van der Waals surface area contributed by atoms with Crippen LogP contribution in [0, 0.1) is 20.8 Å². The van der Waals surface area contributed by atoms with Crippen LogP contribution in [0.3, 0.4) is 0 Å². The number of nitrogens with zero attached hydrogens (tertiary/aromatic N) is 1. The summed E-state index contributed by atoms with van der Waals surface area (Å²) < 4.78 is 10.3. The number of hydrogen-bond donors (Lipinski definition) is 1. The Morgan fingerprint density at radius 1 is 1.07 bits per heavy atom. The lowest BCUT2D eigenvalue weighted by atomic mass is 10.1. The van der Waals surface area contributed by atoms with Crippen molar-refractivity contribution >= 4 is 29.3 Å². The molecule has 0 aliphatic heterocycles. The quantitative estimate of drug-likeness (QED) is 0.450. The second-order valence-electron chi connectivity index (χ2n) is 6.64. The zero-order valence-electron chi connectivity index (χ0n) is 16.5. The van der Waals surface area contributed by atoms with Gasteiger partial charge in [0.25, 0.3) is 5.91 Å². The van der Waals surface area contributed by atoms with Crippen LogP contribution >= 0.6 is 11.8 Å². The Kier molecular flexibility index (Phi) is 6.72. The van der Waals surface area contributed by atoms with Gasteiger partial charge in [-0.25, -0.2) is 4.79 Å². The van der Waals surface area contributed by atoms with E-state index >= 15 is 0 Å². The van der Waals surface area contributed by atoms with E-state index in [9.17, 15) is 9.59 Å². The summed E-state index contributed by atoms with van der Waals surface area (Å²) in [6.07, 6.45) is 0. The number of benzene rings is 2. The molecule has 0 fully saturated rings. The third kappa shape index (κ3) is 5.71. The topological polar surface area (TPSA) is 81.4 Å². The molecule has 0 aliphatic carbocycles. The highest BCUT2D eigenvalue weighted by atomic mass is 32.2. The van der Waals surface area contributed by atoms with Crippen LogP contribution in [-0.2, 0) is 15.3 Å². The number of esters is 1. The number of anilines is 1. The van der Waals surface area contributed by atoms with Gasteiger partial charge in [-0.2, -0.15) is 0 Å². The SMILES string of the molecule is Cc1cc(CSc2ccccc2C(=O)OCC(=O)Nc2ccc(C)c(C)c2)no1. The summed E-state index contributed by atoms with van der Waals surface area (Å²) in [7, 11) is 0. The summed E-state index contributed by atoms with van der Waals surface area (Å²) in [6, 6.07) is 14.6. The van der Waals surface area contributed by atoms with Gasteiger partial charge >= 0.3 is 5.97 Å². The average molecular weight is 410 g/mol. The molecule has 7 heteroatoms. The molecule has 0 radical (unpaired) electrons. The molecule has 150 valence electrons. The maximum absolute atomic E-state index is 12.5. The molecule has 0 aliphatic rings. The van der Waals surface area contributed by atoms with Gasteiger partial charge < -0.3 is 14.6 Å².